The Balaban J connectivity index is 2.46. The summed E-state index contributed by atoms with van der Waals surface area (Å²) in [5.74, 6) is 0.876. The van der Waals surface area contributed by atoms with Gasteiger partial charge in [0.25, 0.3) is 0 Å². The molecule has 0 aliphatic heterocycles. The van der Waals surface area contributed by atoms with E-state index in [9.17, 15) is 4.79 Å². The smallest absolute Gasteiger partial charge is 0.227 e. The van der Waals surface area contributed by atoms with E-state index in [4.69, 9.17) is 16.3 Å². The highest BCUT2D eigenvalue weighted by Gasteiger charge is 2.25. The number of halogens is 1. The summed E-state index contributed by atoms with van der Waals surface area (Å²) in [6.45, 7) is 11.0. The summed E-state index contributed by atoms with van der Waals surface area (Å²) in [7, 11) is 0. The number of benzene rings is 1. The molecular weight excluding hydrogens is 284 g/mol. The second-order valence-electron chi connectivity index (χ2n) is 6.87. The Kier molecular flexibility index (Phi) is 6.27. The monoisotopic (exact) mass is 310 g/mol. The SMILES string of the molecule is CCC(C)(C)c1ccc(OCCCC(C)(C)C(=O)Cl)cc1. The van der Waals surface area contributed by atoms with Crippen LogP contribution in [0.2, 0.25) is 0 Å². The Morgan fingerprint density at radius 3 is 2.19 bits per heavy atom. The van der Waals surface area contributed by atoms with Crippen LogP contribution >= 0.6 is 11.6 Å². The molecule has 0 unspecified atom stereocenters. The summed E-state index contributed by atoms with van der Waals surface area (Å²) in [6.07, 6.45) is 2.65. The maximum absolute atomic E-state index is 11.2. The molecule has 1 aromatic carbocycles. The lowest BCUT2D eigenvalue weighted by atomic mass is 9.82. The molecule has 2 nitrogen and oxygen atoms in total. The van der Waals surface area contributed by atoms with Gasteiger partial charge >= 0.3 is 0 Å². The first kappa shape index (κ1) is 18.0. The Hall–Kier alpha value is -1.02. The van der Waals surface area contributed by atoms with Crippen molar-refractivity contribution >= 4 is 16.8 Å². The van der Waals surface area contributed by atoms with Gasteiger partial charge in [-0.3, -0.25) is 4.79 Å². The Bertz CT molecular complexity index is 461. The van der Waals surface area contributed by atoms with E-state index < -0.39 is 5.41 Å². The molecule has 0 bridgehead atoms. The summed E-state index contributed by atoms with van der Waals surface area (Å²) < 4.78 is 5.73. The second-order valence-corrected chi connectivity index (χ2v) is 7.21. The van der Waals surface area contributed by atoms with Crippen molar-refractivity contribution in [2.45, 2.75) is 59.3 Å². The third-order valence-corrected chi connectivity index (χ3v) is 4.78. The molecule has 3 heteroatoms. The highest BCUT2D eigenvalue weighted by atomic mass is 35.5. The number of ether oxygens (including phenoxy) is 1. The van der Waals surface area contributed by atoms with Gasteiger partial charge in [-0.15, -0.1) is 0 Å². The van der Waals surface area contributed by atoms with Gasteiger partial charge in [0.05, 0.1) is 6.61 Å². The van der Waals surface area contributed by atoms with Crippen LogP contribution in [0.25, 0.3) is 0 Å². The molecule has 21 heavy (non-hydrogen) atoms. The lowest BCUT2D eigenvalue weighted by Crippen LogP contribution is -2.20. The van der Waals surface area contributed by atoms with Gasteiger partial charge in [0.2, 0.25) is 5.24 Å². The molecule has 0 amide bonds. The van der Waals surface area contributed by atoms with Crippen LogP contribution in [-0.4, -0.2) is 11.8 Å². The molecule has 0 aliphatic rings. The molecule has 1 aromatic rings. The molecule has 0 aliphatic carbocycles. The largest absolute Gasteiger partial charge is 0.494 e. The first-order chi connectivity index (χ1) is 9.69. The first-order valence-electron chi connectivity index (χ1n) is 7.62. The van der Waals surface area contributed by atoms with E-state index in [0.717, 1.165) is 25.0 Å². The maximum Gasteiger partial charge on any atom is 0.227 e. The standard InChI is InChI=1S/C18H27ClO2/c1-6-17(2,3)14-8-10-15(11-9-14)21-13-7-12-18(4,5)16(19)20/h8-11H,6-7,12-13H2,1-5H3. The number of hydrogen-bond donors (Lipinski definition) is 0. The summed E-state index contributed by atoms with van der Waals surface area (Å²) in [6, 6.07) is 8.30. The summed E-state index contributed by atoms with van der Waals surface area (Å²) >= 11 is 5.56. The van der Waals surface area contributed by atoms with Gasteiger partial charge in [-0.05, 0) is 54.0 Å². The number of carbonyl (C=O) groups is 1. The normalized spacial score (nSPS) is 12.3. The molecule has 0 saturated heterocycles. The highest BCUT2D eigenvalue weighted by Crippen LogP contribution is 2.28. The van der Waals surface area contributed by atoms with Gasteiger partial charge in [0.15, 0.2) is 0 Å². The second kappa shape index (κ2) is 7.31. The van der Waals surface area contributed by atoms with Crippen molar-refractivity contribution in [2.24, 2.45) is 5.41 Å². The van der Waals surface area contributed by atoms with Crippen molar-refractivity contribution in [3.05, 3.63) is 29.8 Å². The molecule has 0 fully saturated rings. The number of hydrogen-bond acceptors (Lipinski definition) is 2. The van der Waals surface area contributed by atoms with Crippen LogP contribution in [0.1, 0.15) is 59.4 Å². The molecule has 0 radical (unpaired) electrons. The predicted molar refractivity (Wildman–Crippen MR) is 89.1 cm³/mol. The predicted octanol–water partition coefficient (Wildman–Crippen LogP) is 5.32. The zero-order valence-corrected chi connectivity index (χ0v) is 14.6. The maximum atomic E-state index is 11.2. The van der Waals surface area contributed by atoms with Crippen molar-refractivity contribution < 1.29 is 9.53 Å². The molecule has 0 atom stereocenters. The average Bonchev–Trinajstić information content (AvgIpc) is 2.44. The van der Waals surface area contributed by atoms with Crippen LogP contribution in [0.15, 0.2) is 24.3 Å². The van der Waals surface area contributed by atoms with Crippen LogP contribution in [0, 0.1) is 5.41 Å². The fourth-order valence-corrected chi connectivity index (χ4v) is 2.10. The summed E-state index contributed by atoms with van der Waals surface area (Å²) in [5, 5.41) is -0.284. The molecule has 1 rings (SSSR count). The molecule has 0 saturated carbocycles. The van der Waals surface area contributed by atoms with Crippen LogP contribution in [0.3, 0.4) is 0 Å². The van der Waals surface area contributed by atoms with Crippen molar-refractivity contribution in [3.8, 4) is 5.75 Å². The molecule has 0 heterocycles. The van der Waals surface area contributed by atoms with Crippen molar-refractivity contribution in [1.29, 1.82) is 0 Å². The third kappa shape index (κ3) is 5.35. The topological polar surface area (TPSA) is 26.3 Å². The van der Waals surface area contributed by atoms with E-state index in [1.807, 2.05) is 26.0 Å². The van der Waals surface area contributed by atoms with Crippen LogP contribution in [0.4, 0.5) is 0 Å². The van der Waals surface area contributed by atoms with Crippen molar-refractivity contribution in [2.75, 3.05) is 6.61 Å². The van der Waals surface area contributed by atoms with Crippen molar-refractivity contribution in [1.82, 2.24) is 0 Å². The zero-order chi connectivity index (χ0) is 16.1. The molecule has 0 spiro atoms. The minimum Gasteiger partial charge on any atom is -0.494 e. The van der Waals surface area contributed by atoms with Gasteiger partial charge in [0.1, 0.15) is 5.75 Å². The van der Waals surface area contributed by atoms with Gasteiger partial charge in [-0.1, -0.05) is 46.8 Å². The van der Waals surface area contributed by atoms with Crippen LogP contribution in [0.5, 0.6) is 5.75 Å². The summed E-state index contributed by atoms with van der Waals surface area (Å²) in [4.78, 5) is 11.2. The minimum absolute atomic E-state index is 0.198. The first-order valence-corrected chi connectivity index (χ1v) is 8.00. The number of rotatable bonds is 8. The van der Waals surface area contributed by atoms with Gasteiger partial charge in [-0.2, -0.15) is 0 Å². The van der Waals surface area contributed by atoms with E-state index in [0.29, 0.717) is 6.61 Å². The average molecular weight is 311 g/mol. The van der Waals surface area contributed by atoms with E-state index in [1.165, 1.54) is 5.56 Å². The molecule has 0 N–H and O–H groups in total. The lowest BCUT2D eigenvalue weighted by Gasteiger charge is -2.23. The molecule has 118 valence electrons. The van der Waals surface area contributed by atoms with E-state index in [1.54, 1.807) is 0 Å². The van der Waals surface area contributed by atoms with Crippen LogP contribution in [-0.2, 0) is 10.2 Å². The lowest BCUT2D eigenvalue weighted by molar-refractivity contribution is -0.119. The Morgan fingerprint density at radius 1 is 1.14 bits per heavy atom. The van der Waals surface area contributed by atoms with E-state index in [-0.39, 0.29) is 10.7 Å². The zero-order valence-electron chi connectivity index (χ0n) is 13.8. The highest BCUT2D eigenvalue weighted by molar-refractivity contribution is 6.64. The number of carbonyl (C=O) groups excluding carboxylic acids is 1. The molecule has 0 aromatic heterocycles. The quantitative estimate of drug-likeness (QED) is 0.479. The third-order valence-electron chi connectivity index (χ3n) is 4.27. The fourth-order valence-electron chi connectivity index (χ4n) is 2.01. The Labute approximate surface area is 133 Å². The summed E-state index contributed by atoms with van der Waals surface area (Å²) in [5.41, 5.74) is 1.05. The van der Waals surface area contributed by atoms with E-state index >= 15 is 0 Å². The van der Waals surface area contributed by atoms with Gasteiger partial charge < -0.3 is 4.74 Å². The minimum atomic E-state index is -0.472. The van der Waals surface area contributed by atoms with Gasteiger partial charge in [0, 0.05) is 5.41 Å². The van der Waals surface area contributed by atoms with Gasteiger partial charge in [-0.25, -0.2) is 0 Å². The molecular formula is C18H27ClO2. The van der Waals surface area contributed by atoms with Crippen molar-refractivity contribution in [3.63, 3.8) is 0 Å². The van der Waals surface area contributed by atoms with E-state index in [2.05, 4.69) is 32.9 Å². The Morgan fingerprint density at radius 2 is 1.71 bits per heavy atom. The fraction of sp³-hybridized carbons (Fsp3) is 0.611. The van der Waals surface area contributed by atoms with Crippen LogP contribution < -0.4 is 4.74 Å².